The summed E-state index contributed by atoms with van der Waals surface area (Å²) in [5, 5.41) is -0.250. The smallest absolute Gasteiger partial charge is 0.307 e. The van der Waals surface area contributed by atoms with Crippen LogP contribution in [0.3, 0.4) is 0 Å². The van der Waals surface area contributed by atoms with E-state index < -0.39 is 26.3 Å². The fourth-order valence-electron chi connectivity index (χ4n) is 1.85. The molecule has 0 aliphatic heterocycles. The first-order valence-corrected chi connectivity index (χ1v) is 6.40. The Labute approximate surface area is 101 Å². The standard InChI is InChI=1S/C10H10N2O5S/c1-4-3-6-7(9(13)12-10(14)11-6)8(5(4)2)18(15,16)17/h3H,1-2H3,(H,15,16,17)(H2,11,12,13,14). The molecule has 0 radical (unpaired) electrons. The second-order valence-electron chi connectivity index (χ2n) is 3.95. The second-order valence-corrected chi connectivity index (χ2v) is 5.31. The fraction of sp³-hybridized carbons (Fsp3) is 0.200. The summed E-state index contributed by atoms with van der Waals surface area (Å²) >= 11 is 0. The summed E-state index contributed by atoms with van der Waals surface area (Å²) in [6.07, 6.45) is 0. The lowest BCUT2D eigenvalue weighted by molar-refractivity contribution is 0.483. The highest BCUT2D eigenvalue weighted by atomic mass is 32.2. The van der Waals surface area contributed by atoms with E-state index in [4.69, 9.17) is 0 Å². The van der Waals surface area contributed by atoms with Gasteiger partial charge in [-0.15, -0.1) is 0 Å². The predicted molar refractivity (Wildman–Crippen MR) is 64.5 cm³/mol. The van der Waals surface area contributed by atoms with Gasteiger partial charge in [0.25, 0.3) is 15.7 Å². The van der Waals surface area contributed by atoms with E-state index in [9.17, 15) is 22.6 Å². The molecule has 8 heteroatoms. The third kappa shape index (κ3) is 1.85. The van der Waals surface area contributed by atoms with Gasteiger partial charge in [0.15, 0.2) is 0 Å². The molecule has 2 aromatic rings. The number of aromatic nitrogens is 2. The van der Waals surface area contributed by atoms with E-state index in [2.05, 4.69) is 4.98 Å². The molecule has 0 amide bonds. The van der Waals surface area contributed by atoms with Crippen molar-refractivity contribution in [1.82, 2.24) is 9.97 Å². The first-order valence-electron chi connectivity index (χ1n) is 4.96. The van der Waals surface area contributed by atoms with Crippen LogP contribution < -0.4 is 11.2 Å². The van der Waals surface area contributed by atoms with Crippen molar-refractivity contribution in [2.45, 2.75) is 18.7 Å². The molecule has 1 aromatic heterocycles. The minimum atomic E-state index is -4.56. The predicted octanol–water partition coefficient (Wildman–Crippen LogP) is 0.0799. The molecule has 0 saturated carbocycles. The average molecular weight is 270 g/mol. The number of aromatic amines is 2. The normalized spacial score (nSPS) is 11.9. The van der Waals surface area contributed by atoms with Gasteiger partial charge in [-0.25, -0.2) is 4.79 Å². The maximum Gasteiger partial charge on any atom is 0.326 e. The Morgan fingerprint density at radius 1 is 1.17 bits per heavy atom. The molecular weight excluding hydrogens is 260 g/mol. The lowest BCUT2D eigenvalue weighted by atomic mass is 10.1. The van der Waals surface area contributed by atoms with E-state index in [1.54, 1.807) is 6.92 Å². The number of nitrogens with one attached hydrogen (secondary N) is 2. The van der Waals surface area contributed by atoms with Crippen molar-refractivity contribution in [3.05, 3.63) is 38.0 Å². The fourth-order valence-corrected chi connectivity index (χ4v) is 2.86. The summed E-state index contributed by atoms with van der Waals surface area (Å²) < 4.78 is 31.9. The van der Waals surface area contributed by atoms with Gasteiger partial charge in [-0.3, -0.25) is 14.3 Å². The average Bonchev–Trinajstić information content (AvgIpc) is 2.18. The maximum atomic E-state index is 11.7. The third-order valence-corrected chi connectivity index (χ3v) is 3.78. The van der Waals surface area contributed by atoms with Gasteiger partial charge < -0.3 is 4.98 Å². The summed E-state index contributed by atoms with van der Waals surface area (Å²) in [7, 11) is -4.56. The zero-order valence-electron chi connectivity index (χ0n) is 9.57. The van der Waals surface area contributed by atoms with Gasteiger partial charge in [-0.05, 0) is 31.0 Å². The molecular formula is C10H10N2O5S. The molecule has 0 fully saturated rings. The number of benzene rings is 1. The van der Waals surface area contributed by atoms with Crippen LogP contribution in [-0.2, 0) is 10.1 Å². The Morgan fingerprint density at radius 3 is 2.33 bits per heavy atom. The van der Waals surface area contributed by atoms with Crippen LogP contribution in [0.5, 0.6) is 0 Å². The monoisotopic (exact) mass is 270 g/mol. The van der Waals surface area contributed by atoms with Crippen LogP contribution in [0.4, 0.5) is 0 Å². The van der Waals surface area contributed by atoms with E-state index in [0.717, 1.165) is 0 Å². The Kier molecular flexibility index (Phi) is 2.63. The van der Waals surface area contributed by atoms with E-state index in [0.29, 0.717) is 5.56 Å². The van der Waals surface area contributed by atoms with Gasteiger partial charge in [0.2, 0.25) is 0 Å². The minimum Gasteiger partial charge on any atom is -0.307 e. The summed E-state index contributed by atoms with van der Waals surface area (Å²) in [6, 6.07) is 1.48. The van der Waals surface area contributed by atoms with Crippen LogP contribution >= 0.6 is 0 Å². The molecule has 96 valence electrons. The molecule has 1 heterocycles. The first kappa shape index (κ1) is 12.5. The van der Waals surface area contributed by atoms with Crippen molar-refractivity contribution in [3.8, 4) is 0 Å². The zero-order valence-corrected chi connectivity index (χ0v) is 10.4. The number of fused-ring (bicyclic) bond motifs is 1. The number of hydrogen-bond acceptors (Lipinski definition) is 4. The van der Waals surface area contributed by atoms with Gasteiger partial charge in [0.1, 0.15) is 4.90 Å². The van der Waals surface area contributed by atoms with Crippen molar-refractivity contribution in [3.63, 3.8) is 0 Å². The molecule has 7 nitrogen and oxygen atoms in total. The zero-order chi connectivity index (χ0) is 13.7. The molecule has 1 aromatic carbocycles. The lowest BCUT2D eigenvalue weighted by Gasteiger charge is -2.09. The Hall–Kier alpha value is -1.93. The van der Waals surface area contributed by atoms with Crippen LogP contribution in [-0.4, -0.2) is 22.9 Å². The SMILES string of the molecule is Cc1cc2[nH]c(=O)[nH]c(=O)c2c(S(=O)(=O)O)c1C. The highest BCUT2D eigenvalue weighted by Crippen LogP contribution is 2.24. The summed E-state index contributed by atoms with van der Waals surface area (Å²) in [5.74, 6) is 0. The van der Waals surface area contributed by atoms with Crippen molar-refractivity contribution in [1.29, 1.82) is 0 Å². The number of hydrogen-bond donors (Lipinski definition) is 3. The van der Waals surface area contributed by atoms with Crippen molar-refractivity contribution in [2.24, 2.45) is 0 Å². The van der Waals surface area contributed by atoms with Crippen molar-refractivity contribution < 1.29 is 13.0 Å². The molecule has 0 spiro atoms. The first-order chi connectivity index (χ1) is 8.21. The Balaban J connectivity index is 3.23. The van der Waals surface area contributed by atoms with Gasteiger partial charge in [0.05, 0.1) is 10.9 Å². The highest BCUT2D eigenvalue weighted by Gasteiger charge is 2.21. The largest absolute Gasteiger partial charge is 0.326 e. The Bertz CT molecular complexity index is 860. The van der Waals surface area contributed by atoms with Crippen LogP contribution in [0.1, 0.15) is 11.1 Å². The van der Waals surface area contributed by atoms with Gasteiger partial charge >= 0.3 is 5.69 Å². The topological polar surface area (TPSA) is 120 Å². The molecule has 0 unspecified atom stereocenters. The summed E-state index contributed by atoms with van der Waals surface area (Å²) in [6.45, 7) is 3.09. The third-order valence-electron chi connectivity index (χ3n) is 2.75. The van der Waals surface area contributed by atoms with Crippen LogP contribution in [0, 0.1) is 13.8 Å². The second kappa shape index (κ2) is 3.79. The van der Waals surface area contributed by atoms with E-state index in [-0.39, 0.29) is 16.5 Å². The van der Waals surface area contributed by atoms with E-state index >= 15 is 0 Å². The van der Waals surface area contributed by atoms with Crippen molar-refractivity contribution in [2.75, 3.05) is 0 Å². The molecule has 0 aliphatic rings. The summed E-state index contributed by atoms with van der Waals surface area (Å²) in [5.41, 5.74) is -0.722. The lowest BCUT2D eigenvalue weighted by Crippen LogP contribution is -2.24. The van der Waals surface area contributed by atoms with Crippen LogP contribution in [0.2, 0.25) is 0 Å². The van der Waals surface area contributed by atoms with E-state index in [1.165, 1.54) is 13.0 Å². The number of aryl methyl sites for hydroxylation is 1. The number of rotatable bonds is 1. The highest BCUT2D eigenvalue weighted by molar-refractivity contribution is 7.86. The maximum absolute atomic E-state index is 11.7. The van der Waals surface area contributed by atoms with Gasteiger partial charge in [-0.1, -0.05) is 0 Å². The quantitative estimate of drug-likeness (QED) is 0.634. The molecule has 0 saturated heterocycles. The van der Waals surface area contributed by atoms with Crippen LogP contribution in [0.15, 0.2) is 20.6 Å². The molecule has 2 rings (SSSR count). The molecule has 3 N–H and O–H groups in total. The molecule has 0 aliphatic carbocycles. The van der Waals surface area contributed by atoms with Gasteiger partial charge in [0, 0.05) is 0 Å². The Morgan fingerprint density at radius 2 is 1.78 bits per heavy atom. The number of H-pyrrole nitrogens is 2. The molecule has 18 heavy (non-hydrogen) atoms. The molecule has 0 atom stereocenters. The van der Waals surface area contributed by atoms with Crippen LogP contribution in [0.25, 0.3) is 10.9 Å². The minimum absolute atomic E-state index is 0.0690. The molecule has 0 bridgehead atoms. The van der Waals surface area contributed by atoms with E-state index in [1.807, 2.05) is 4.98 Å². The summed E-state index contributed by atoms with van der Waals surface area (Å²) in [4.78, 5) is 26.6. The van der Waals surface area contributed by atoms with Crippen molar-refractivity contribution >= 4 is 21.0 Å². The van der Waals surface area contributed by atoms with Gasteiger partial charge in [-0.2, -0.15) is 8.42 Å².